The minimum Gasteiger partial charge on any atom is -0.356 e. The molecule has 0 atom stereocenters. The summed E-state index contributed by atoms with van der Waals surface area (Å²) < 4.78 is 1.76. The summed E-state index contributed by atoms with van der Waals surface area (Å²) in [6.45, 7) is 3.87. The van der Waals surface area contributed by atoms with Crippen molar-refractivity contribution in [1.82, 2.24) is 19.7 Å². The number of aromatic nitrogens is 4. The highest BCUT2D eigenvalue weighted by molar-refractivity contribution is 6.04. The van der Waals surface area contributed by atoms with E-state index >= 15 is 0 Å². The van der Waals surface area contributed by atoms with Gasteiger partial charge < -0.3 is 10.2 Å². The molecule has 1 amide bonds. The van der Waals surface area contributed by atoms with E-state index in [9.17, 15) is 4.79 Å². The van der Waals surface area contributed by atoms with Crippen molar-refractivity contribution < 1.29 is 4.79 Å². The van der Waals surface area contributed by atoms with Crippen LogP contribution in [0, 0.1) is 6.92 Å². The molecule has 1 aromatic carbocycles. The Morgan fingerprint density at radius 2 is 1.85 bits per heavy atom. The van der Waals surface area contributed by atoms with Crippen LogP contribution >= 0.6 is 0 Å². The van der Waals surface area contributed by atoms with Crippen molar-refractivity contribution in [2.75, 3.05) is 23.3 Å². The molecule has 3 aromatic rings. The molecule has 0 radical (unpaired) electrons. The van der Waals surface area contributed by atoms with E-state index in [1.54, 1.807) is 10.9 Å². The van der Waals surface area contributed by atoms with Gasteiger partial charge in [-0.25, -0.2) is 14.6 Å². The molecule has 27 heavy (non-hydrogen) atoms. The first-order valence-electron chi connectivity index (χ1n) is 9.21. The van der Waals surface area contributed by atoms with Crippen LogP contribution in [0.5, 0.6) is 0 Å². The van der Waals surface area contributed by atoms with Crippen LogP contribution in [-0.4, -0.2) is 38.7 Å². The quantitative estimate of drug-likeness (QED) is 0.771. The monoisotopic (exact) mass is 362 g/mol. The third kappa shape index (κ3) is 3.67. The Kier molecular flexibility index (Phi) is 4.82. The lowest BCUT2D eigenvalue weighted by atomic mass is 10.1. The molecule has 4 rings (SSSR count). The Morgan fingerprint density at radius 1 is 1.07 bits per heavy atom. The van der Waals surface area contributed by atoms with Gasteiger partial charge in [-0.05, 0) is 38.3 Å². The summed E-state index contributed by atoms with van der Waals surface area (Å²) in [5.41, 5.74) is 2.23. The molecule has 0 unspecified atom stereocenters. The Labute approximate surface area is 158 Å². The topological polar surface area (TPSA) is 75.9 Å². The van der Waals surface area contributed by atoms with Crippen LogP contribution in [-0.2, 0) is 0 Å². The minimum atomic E-state index is -0.224. The van der Waals surface area contributed by atoms with Crippen molar-refractivity contribution in [3.05, 3.63) is 60.2 Å². The van der Waals surface area contributed by atoms with Gasteiger partial charge in [-0.1, -0.05) is 18.2 Å². The molecule has 1 N–H and O–H groups in total. The molecular formula is C20H22N6O. The van der Waals surface area contributed by atoms with Gasteiger partial charge in [0.2, 0.25) is 0 Å². The first kappa shape index (κ1) is 17.2. The molecule has 0 saturated carbocycles. The predicted molar refractivity (Wildman–Crippen MR) is 104 cm³/mol. The highest BCUT2D eigenvalue weighted by Gasteiger charge is 2.17. The number of hydrogen-bond acceptors (Lipinski definition) is 5. The highest BCUT2D eigenvalue weighted by atomic mass is 16.1. The van der Waals surface area contributed by atoms with Crippen molar-refractivity contribution in [2.24, 2.45) is 0 Å². The van der Waals surface area contributed by atoms with Crippen LogP contribution in [0.15, 0.2) is 48.9 Å². The summed E-state index contributed by atoms with van der Waals surface area (Å²) in [6, 6.07) is 11.6. The fourth-order valence-corrected chi connectivity index (χ4v) is 3.36. The van der Waals surface area contributed by atoms with E-state index in [0.717, 1.165) is 30.3 Å². The van der Waals surface area contributed by atoms with Crippen molar-refractivity contribution in [3.8, 4) is 5.69 Å². The summed E-state index contributed by atoms with van der Waals surface area (Å²) in [5, 5.41) is 7.23. The molecule has 1 saturated heterocycles. The Morgan fingerprint density at radius 3 is 2.63 bits per heavy atom. The van der Waals surface area contributed by atoms with Crippen molar-refractivity contribution in [1.29, 1.82) is 0 Å². The van der Waals surface area contributed by atoms with E-state index in [1.165, 1.54) is 25.6 Å². The number of anilines is 2. The first-order chi connectivity index (χ1) is 13.2. The number of nitrogens with one attached hydrogen (secondary N) is 1. The summed E-state index contributed by atoms with van der Waals surface area (Å²) in [6.07, 6.45) is 6.69. The lowest BCUT2D eigenvalue weighted by molar-refractivity contribution is 0.102. The maximum absolute atomic E-state index is 12.7. The standard InChI is InChI=1S/C20H22N6O/c1-15-17(13-23-26(15)16-8-4-2-5-9-16)20(27)24-18-12-19(22-14-21-18)25-10-6-3-7-11-25/h2,4-5,8-9,12-14H,3,6-7,10-11H2,1H3,(H,21,22,24,27). The van der Waals surface area contributed by atoms with Crippen LogP contribution in [0.2, 0.25) is 0 Å². The van der Waals surface area contributed by atoms with E-state index in [1.807, 2.05) is 43.3 Å². The van der Waals surface area contributed by atoms with E-state index in [4.69, 9.17) is 0 Å². The summed E-state index contributed by atoms with van der Waals surface area (Å²) >= 11 is 0. The second-order valence-electron chi connectivity index (χ2n) is 6.65. The number of rotatable bonds is 4. The largest absolute Gasteiger partial charge is 0.356 e. The van der Waals surface area contributed by atoms with E-state index in [-0.39, 0.29) is 5.91 Å². The van der Waals surface area contributed by atoms with Crippen LogP contribution in [0.1, 0.15) is 35.3 Å². The molecule has 3 heterocycles. The molecular weight excluding hydrogens is 340 g/mol. The van der Waals surface area contributed by atoms with Gasteiger partial charge >= 0.3 is 0 Å². The third-order valence-corrected chi connectivity index (χ3v) is 4.83. The number of amides is 1. The number of carbonyl (C=O) groups excluding carboxylic acids is 1. The van der Waals surface area contributed by atoms with Crippen LogP contribution in [0.3, 0.4) is 0 Å². The maximum Gasteiger partial charge on any atom is 0.260 e. The lowest BCUT2D eigenvalue weighted by Crippen LogP contribution is -2.30. The van der Waals surface area contributed by atoms with E-state index < -0.39 is 0 Å². The average Bonchev–Trinajstić information content (AvgIpc) is 3.11. The molecule has 7 heteroatoms. The second kappa shape index (κ2) is 7.57. The summed E-state index contributed by atoms with van der Waals surface area (Å²) in [5.74, 6) is 1.14. The van der Waals surface area contributed by atoms with Crippen LogP contribution in [0.4, 0.5) is 11.6 Å². The van der Waals surface area contributed by atoms with Crippen LogP contribution < -0.4 is 10.2 Å². The molecule has 1 aliphatic rings. The van der Waals surface area contributed by atoms with Gasteiger partial charge in [-0.3, -0.25) is 4.79 Å². The van der Waals surface area contributed by atoms with E-state index in [2.05, 4.69) is 25.3 Å². The number of hydrogen-bond donors (Lipinski definition) is 1. The smallest absolute Gasteiger partial charge is 0.260 e. The Hall–Kier alpha value is -3.22. The molecule has 2 aromatic heterocycles. The van der Waals surface area contributed by atoms with E-state index in [0.29, 0.717) is 11.4 Å². The molecule has 1 aliphatic heterocycles. The zero-order valence-corrected chi connectivity index (χ0v) is 15.3. The van der Waals surface area contributed by atoms with Crippen LogP contribution in [0.25, 0.3) is 5.69 Å². The molecule has 138 valence electrons. The van der Waals surface area contributed by atoms with Gasteiger partial charge in [-0.15, -0.1) is 0 Å². The average molecular weight is 362 g/mol. The molecule has 0 bridgehead atoms. The summed E-state index contributed by atoms with van der Waals surface area (Å²) in [4.78, 5) is 23.5. The first-order valence-corrected chi connectivity index (χ1v) is 9.21. The normalized spacial score (nSPS) is 14.2. The Balaban J connectivity index is 1.52. The zero-order chi connectivity index (χ0) is 18.6. The number of piperidine rings is 1. The van der Waals surface area contributed by atoms with Crippen molar-refractivity contribution >= 4 is 17.5 Å². The van der Waals surface area contributed by atoms with Gasteiger partial charge in [0.25, 0.3) is 5.91 Å². The molecule has 0 aliphatic carbocycles. The zero-order valence-electron chi connectivity index (χ0n) is 15.3. The van der Waals surface area contributed by atoms with Gasteiger partial charge in [0, 0.05) is 19.2 Å². The minimum absolute atomic E-state index is 0.224. The second-order valence-corrected chi connectivity index (χ2v) is 6.65. The SMILES string of the molecule is Cc1c(C(=O)Nc2cc(N3CCCCC3)ncn2)cnn1-c1ccccc1. The van der Waals surface area contributed by atoms with Crippen molar-refractivity contribution in [2.45, 2.75) is 26.2 Å². The molecule has 1 fully saturated rings. The number of benzene rings is 1. The van der Waals surface area contributed by atoms with Gasteiger partial charge in [0.05, 0.1) is 23.1 Å². The number of nitrogens with zero attached hydrogens (tertiary/aromatic N) is 5. The fraction of sp³-hybridized carbons (Fsp3) is 0.300. The molecule has 7 nitrogen and oxygen atoms in total. The maximum atomic E-state index is 12.7. The summed E-state index contributed by atoms with van der Waals surface area (Å²) in [7, 11) is 0. The van der Waals surface area contributed by atoms with Crippen molar-refractivity contribution in [3.63, 3.8) is 0 Å². The predicted octanol–water partition coefficient (Wildman–Crippen LogP) is 3.21. The van der Waals surface area contributed by atoms with Gasteiger partial charge in [0.15, 0.2) is 0 Å². The Bertz CT molecular complexity index is 931. The van der Waals surface area contributed by atoms with Gasteiger partial charge in [-0.2, -0.15) is 5.10 Å². The third-order valence-electron chi connectivity index (χ3n) is 4.83. The number of carbonyl (C=O) groups is 1. The lowest BCUT2D eigenvalue weighted by Gasteiger charge is -2.27. The molecule has 0 spiro atoms. The number of para-hydroxylation sites is 1. The van der Waals surface area contributed by atoms with Gasteiger partial charge in [0.1, 0.15) is 18.0 Å². The highest BCUT2D eigenvalue weighted by Crippen LogP contribution is 2.20. The fourth-order valence-electron chi connectivity index (χ4n) is 3.36.